The molecule has 1 aliphatic heterocycles. The molecule has 0 unspecified atom stereocenters. The topological polar surface area (TPSA) is 52.7 Å². The lowest BCUT2D eigenvalue weighted by atomic mass is 10.2. The summed E-state index contributed by atoms with van der Waals surface area (Å²) >= 11 is 5.94. The number of rotatable bonds is 4. The molecule has 0 bridgehead atoms. The van der Waals surface area contributed by atoms with Crippen molar-refractivity contribution in [1.82, 2.24) is 14.5 Å². The van der Waals surface area contributed by atoms with Crippen molar-refractivity contribution in [3.63, 3.8) is 0 Å². The summed E-state index contributed by atoms with van der Waals surface area (Å²) in [6.45, 7) is 2.19. The lowest BCUT2D eigenvalue weighted by Gasteiger charge is -2.31. The molecule has 0 aliphatic carbocycles. The van der Waals surface area contributed by atoms with Gasteiger partial charge in [-0.1, -0.05) is 11.6 Å². The van der Waals surface area contributed by atoms with Gasteiger partial charge in [0.2, 0.25) is 10.0 Å². The number of hydrogen-bond acceptors (Lipinski definition) is 4. The van der Waals surface area contributed by atoms with Gasteiger partial charge >= 0.3 is 0 Å². The van der Waals surface area contributed by atoms with Crippen LogP contribution in [-0.2, 0) is 16.6 Å². The van der Waals surface area contributed by atoms with Crippen molar-refractivity contribution in [3.8, 4) is 0 Å². The summed E-state index contributed by atoms with van der Waals surface area (Å²) in [5.41, 5.74) is 0.248. The van der Waals surface area contributed by atoms with E-state index in [4.69, 9.17) is 11.6 Å². The SMILES string of the molecule is CNCc1cc(Cl)cc(S(=O)(=O)N2CCN(C)CC2)c1F. The molecule has 5 nitrogen and oxygen atoms in total. The maximum atomic E-state index is 14.5. The van der Waals surface area contributed by atoms with Gasteiger partial charge in [-0.25, -0.2) is 12.8 Å². The molecule has 0 amide bonds. The van der Waals surface area contributed by atoms with Crippen molar-refractivity contribution in [2.75, 3.05) is 40.3 Å². The van der Waals surface area contributed by atoms with E-state index in [2.05, 4.69) is 5.32 Å². The lowest BCUT2D eigenvalue weighted by Crippen LogP contribution is -2.47. The van der Waals surface area contributed by atoms with Crippen LogP contribution < -0.4 is 5.32 Å². The van der Waals surface area contributed by atoms with Gasteiger partial charge in [-0.3, -0.25) is 0 Å². The van der Waals surface area contributed by atoms with Gasteiger partial charge < -0.3 is 10.2 Å². The molecule has 21 heavy (non-hydrogen) atoms. The smallest absolute Gasteiger partial charge is 0.246 e. The van der Waals surface area contributed by atoms with Crippen molar-refractivity contribution < 1.29 is 12.8 Å². The van der Waals surface area contributed by atoms with E-state index in [1.165, 1.54) is 16.4 Å². The summed E-state index contributed by atoms with van der Waals surface area (Å²) in [5.74, 6) is -0.729. The average Bonchev–Trinajstić information content (AvgIpc) is 2.43. The molecule has 0 aromatic heterocycles. The van der Waals surface area contributed by atoms with Crippen LogP contribution in [0.4, 0.5) is 4.39 Å². The van der Waals surface area contributed by atoms with Crippen LogP contribution in [0.25, 0.3) is 0 Å². The zero-order valence-electron chi connectivity index (χ0n) is 12.1. The summed E-state index contributed by atoms with van der Waals surface area (Å²) < 4.78 is 41.0. The Labute approximate surface area is 129 Å². The van der Waals surface area contributed by atoms with Gasteiger partial charge in [-0.2, -0.15) is 4.31 Å². The number of benzene rings is 1. The number of hydrogen-bond donors (Lipinski definition) is 1. The maximum absolute atomic E-state index is 14.5. The third-order valence-electron chi connectivity index (χ3n) is 3.53. The van der Waals surface area contributed by atoms with Gasteiger partial charge in [-0.15, -0.1) is 0 Å². The second-order valence-electron chi connectivity index (χ2n) is 5.11. The average molecular weight is 336 g/mol. The number of piperazine rings is 1. The Kier molecular flexibility index (Phi) is 5.21. The Bertz CT molecular complexity index is 616. The van der Waals surface area contributed by atoms with E-state index in [-0.39, 0.29) is 22.0 Å². The Balaban J connectivity index is 2.40. The lowest BCUT2D eigenvalue weighted by molar-refractivity contribution is 0.222. The zero-order chi connectivity index (χ0) is 15.6. The fourth-order valence-corrected chi connectivity index (χ4v) is 4.15. The first-order chi connectivity index (χ1) is 9.86. The fourth-order valence-electron chi connectivity index (χ4n) is 2.29. The molecule has 1 aromatic rings. The molecule has 2 rings (SSSR count). The molecule has 1 N–H and O–H groups in total. The normalized spacial score (nSPS) is 18.1. The van der Waals surface area contributed by atoms with E-state index in [9.17, 15) is 12.8 Å². The third-order valence-corrected chi connectivity index (χ3v) is 5.64. The molecule has 1 saturated heterocycles. The van der Waals surface area contributed by atoms with Crippen LogP contribution in [0, 0.1) is 5.82 Å². The number of sulfonamides is 1. The minimum atomic E-state index is -3.86. The van der Waals surface area contributed by atoms with Gasteiger partial charge in [0.1, 0.15) is 10.7 Å². The molecule has 1 aromatic carbocycles. The molecular weight excluding hydrogens is 317 g/mol. The second-order valence-corrected chi connectivity index (χ2v) is 7.46. The Morgan fingerprint density at radius 3 is 2.48 bits per heavy atom. The van der Waals surface area contributed by atoms with Crippen molar-refractivity contribution in [1.29, 1.82) is 0 Å². The number of halogens is 2. The third kappa shape index (κ3) is 3.54. The van der Waals surface area contributed by atoms with Gasteiger partial charge in [0.15, 0.2) is 0 Å². The van der Waals surface area contributed by atoms with Crippen LogP contribution in [0.2, 0.25) is 5.02 Å². The van der Waals surface area contributed by atoms with Crippen LogP contribution >= 0.6 is 11.6 Å². The van der Waals surface area contributed by atoms with E-state index in [0.717, 1.165) is 0 Å². The highest BCUT2D eigenvalue weighted by atomic mass is 35.5. The van der Waals surface area contributed by atoms with Crippen LogP contribution in [-0.4, -0.2) is 57.9 Å². The first-order valence-corrected chi connectivity index (χ1v) is 8.49. The zero-order valence-corrected chi connectivity index (χ0v) is 13.6. The fraction of sp³-hybridized carbons (Fsp3) is 0.538. The van der Waals surface area contributed by atoms with Crippen molar-refractivity contribution in [2.45, 2.75) is 11.4 Å². The summed E-state index contributed by atoms with van der Waals surface area (Å²) in [6, 6.07) is 2.63. The van der Waals surface area contributed by atoms with E-state index in [0.29, 0.717) is 26.2 Å². The predicted octanol–water partition coefficient (Wildman–Crippen LogP) is 1.13. The van der Waals surface area contributed by atoms with Crippen molar-refractivity contribution in [2.24, 2.45) is 0 Å². The molecule has 8 heteroatoms. The molecule has 1 heterocycles. The van der Waals surface area contributed by atoms with Crippen LogP contribution in [0.1, 0.15) is 5.56 Å². The standard InChI is InChI=1S/C13H19ClFN3O2S/c1-16-9-10-7-11(14)8-12(13(10)15)21(19,20)18-5-3-17(2)4-6-18/h7-8,16H,3-6,9H2,1-2H3. The summed E-state index contributed by atoms with van der Waals surface area (Å²) in [4.78, 5) is 1.69. The highest BCUT2D eigenvalue weighted by Crippen LogP contribution is 2.27. The number of nitrogens with zero attached hydrogens (tertiary/aromatic N) is 2. The largest absolute Gasteiger partial charge is 0.316 e. The van der Waals surface area contributed by atoms with E-state index < -0.39 is 15.8 Å². The molecule has 1 fully saturated rings. The first-order valence-electron chi connectivity index (χ1n) is 6.67. The van der Waals surface area contributed by atoms with Crippen LogP contribution in [0.3, 0.4) is 0 Å². The monoisotopic (exact) mass is 335 g/mol. The summed E-state index contributed by atoms with van der Waals surface area (Å²) in [5, 5.41) is 3.02. The van der Waals surface area contributed by atoms with Gasteiger partial charge in [0, 0.05) is 43.3 Å². The van der Waals surface area contributed by atoms with Gasteiger partial charge in [0.05, 0.1) is 0 Å². The minimum Gasteiger partial charge on any atom is -0.316 e. The first kappa shape index (κ1) is 16.6. The summed E-state index contributed by atoms with van der Waals surface area (Å²) in [6.07, 6.45) is 0. The van der Waals surface area contributed by atoms with E-state index in [1.807, 2.05) is 11.9 Å². The Hall–Kier alpha value is -0.730. The number of nitrogens with one attached hydrogen (secondary N) is 1. The van der Waals surface area contributed by atoms with E-state index in [1.54, 1.807) is 7.05 Å². The minimum absolute atomic E-state index is 0.217. The van der Waals surface area contributed by atoms with Gasteiger partial charge in [0.25, 0.3) is 0 Å². The van der Waals surface area contributed by atoms with Gasteiger partial charge in [-0.05, 0) is 26.2 Å². The van der Waals surface area contributed by atoms with Crippen LogP contribution in [0.5, 0.6) is 0 Å². The quantitative estimate of drug-likeness (QED) is 0.896. The number of likely N-dealkylation sites (N-methyl/N-ethyl adjacent to an activating group) is 1. The molecule has 0 radical (unpaired) electrons. The maximum Gasteiger partial charge on any atom is 0.246 e. The molecule has 0 saturated carbocycles. The Morgan fingerprint density at radius 2 is 1.90 bits per heavy atom. The highest BCUT2D eigenvalue weighted by Gasteiger charge is 2.31. The van der Waals surface area contributed by atoms with Crippen molar-refractivity contribution in [3.05, 3.63) is 28.5 Å². The Morgan fingerprint density at radius 1 is 1.29 bits per heavy atom. The van der Waals surface area contributed by atoms with Crippen molar-refractivity contribution >= 4 is 21.6 Å². The molecule has 0 spiro atoms. The predicted molar refractivity (Wildman–Crippen MR) is 80.4 cm³/mol. The second kappa shape index (κ2) is 6.58. The van der Waals surface area contributed by atoms with E-state index >= 15 is 0 Å². The molecule has 0 atom stereocenters. The van der Waals surface area contributed by atoms with Crippen LogP contribution in [0.15, 0.2) is 17.0 Å². The highest BCUT2D eigenvalue weighted by molar-refractivity contribution is 7.89. The molecule has 118 valence electrons. The molecule has 1 aliphatic rings. The molecular formula is C13H19ClFN3O2S. The summed E-state index contributed by atoms with van der Waals surface area (Å²) in [7, 11) is -0.273.